The van der Waals surface area contributed by atoms with Crippen molar-refractivity contribution in [3.8, 4) is 11.5 Å². The molecule has 3 nitrogen and oxygen atoms in total. The van der Waals surface area contributed by atoms with Crippen molar-refractivity contribution in [1.82, 2.24) is 5.32 Å². The number of fused-ring (bicyclic) bond motifs is 1. The van der Waals surface area contributed by atoms with E-state index in [0.29, 0.717) is 6.04 Å². The lowest BCUT2D eigenvalue weighted by molar-refractivity contribution is 0.254. The standard InChI is InChI=1S/C17H27NO2/c1-5-7-15(6-2)18-11-14-10-17-13(8-12(3)20-17)9-16(14)19-4/h9-10,12,15,18H,5-8,11H2,1-4H3. The lowest BCUT2D eigenvalue weighted by atomic mass is 10.1. The molecule has 20 heavy (non-hydrogen) atoms. The third-order valence-electron chi connectivity index (χ3n) is 4.01. The fourth-order valence-corrected chi connectivity index (χ4v) is 2.86. The summed E-state index contributed by atoms with van der Waals surface area (Å²) >= 11 is 0. The van der Waals surface area contributed by atoms with E-state index in [1.807, 2.05) is 0 Å². The van der Waals surface area contributed by atoms with Gasteiger partial charge in [-0.2, -0.15) is 0 Å². The quantitative estimate of drug-likeness (QED) is 0.824. The summed E-state index contributed by atoms with van der Waals surface area (Å²) in [5, 5.41) is 3.63. The van der Waals surface area contributed by atoms with Gasteiger partial charge in [-0.25, -0.2) is 0 Å². The van der Waals surface area contributed by atoms with E-state index >= 15 is 0 Å². The van der Waals surface area contributed by atoms with Crippen molar-refractivity contribution in [1.29, 1.82) is 0 Å². The maximum atomic E-state index is 5.84. The molecule has 2 unspecified atom stereocenters. The molecule has 1 N–H and O–H groups in total. The molecular weight excluding hydrogens is 250 g/mol. The van der Waals surface area contributed by atoms with Crippen LogP contribution in [0.5, 0.6) is 11.5 Å². The van der Waals surface area contributed by atoms with E-state index in [9.17, 15) is 0 Å². The van der Waals surface area contributed by atoms with Crippen LogP contribution in [0.25, 0.3) is 0 Å². The first-order chi connectivity index (χ1) is 9.67. The topological polar surface area (TPSA) is 30.5 Å². The number of nitrogens with one attached hydrogen (secondary N) is 1. The second kappa shape index (κ2) is 6.98. The molecule has 2 atom stereocenters. The monoisotopic (exact) mass is 277 g/mol. The minimum absolute atomic E-state index is 0.279. The third-order valence-corrected chi connectivity index (χ3v) is 4.01. The highest BCUT2D eigenvalue weighted by Crippen LogP contribution is 2.35. The highest BCUT2D eigenvalue weighted by molar-refractivity contribution is 5.48. The van der Waals surface area contributed by atoms with E-state index < -0.39 is 0 Å². The van der Waals surface area contributed by atoms with Gasteiger partial charge in [0.05, 0.1) is 7.11 Å². The van der Waals surface area contributed by atoms with Crippen molar-refractivity contribution in [2.24, 2.45) is 0 Å². The minimum Gasteiger partial charge on any atom is -0.496 e. The van der Waals surface area contributed by atoms with Crippen LogP contribution in [0, 0.1) is 0 Å². The highest BCUT2D eigenvalue weighted by atomic mass is 16.5. The Morgan fingerprint density at radius 2 is 2.20 bits per heavy atom. The summed E-state index contributed by atoms with van der Waals surface area (Å²) in [6, 6.07) is 4.86. The van der Waals surface area contributed by atoms with Gasteiger partial charge < -0.3 is 14.8 Å². The first kappa shape index (κ1) is 15.2. The molecular formula is C17H27NO2. The fourth-order valence-electron chi connectivity index (χ4n) is 2.86. The molecule has 2 rings (SSSR count). The summed E-state index contributed by atoms with van der Waals surface area (Å²) in [5.41, 5.74) is 2.45. The van der Waals surface area contributed by atoms with E-state index in [2.05, 4.69) is 38.2 Å². The number of ether oxygens (including phenoxy) is 2. The van der Waals surface area contributed by atoms with E-state index in [-0.39, 0.29) is 6.10 Å². The normalized spacial score (nSPS) is 18.5. The second-order valence-corrected chi connectivity index (χ2v) is 5.68. The zero-order chi connectivity index (χ0) is 14.5. The number of hydrogen-bond acceptors (Lipinski definition) is 3. The lowest BCUT2D eigenvalue weighted by Crippen LogP contribution is -2.27. The van der Waals surface area contributed by atoms with Gasteiger partial charge >= 0.3 is 0 Å². The summed E-state index contributed by atoms with van der Waals surface area (Å²) in [7, 11) is 1.74. The molecule has 0 bridgehead atoms. The van der Waals surface area contributed by atoms with Gasteiger partial charge in [0, 0.05) is 30.1 Å². The van der Waals surface area contributed by atoms with Crippen molar-refractivity contribution < 1.29 is 9.47 Å². The van der Waals surface area contributed by atoms with Gasteiger partial charge in [-0.3, -0.25) is 0 Å². The average Bonchev–Trinajstić information content (AvgIpc) is 2.81. The summed E-state index contributed by atoms with van der Waals surface area (Å²) in [6.07, 6.45) is 4.85. The predicted octanol–water partition coefficient (Wildman–Crippen LogP) is 3.69. The molecule has 1 heterocycles. The van der Waals surface area contributed by atoms with Crippen LogP contribution in [-0.2, 0) is 13.0 Å². The first-order valence-corrected chi connectivity index (χ1v) is 7.77. The molecule has 1 aromatic rings. The van der Waals surface area contributed by atoms with Crippen molar-refractivity contribution >= 4 is 0 Å². The zero-order valence-corrected chi connectivity index (χ0v) is 13.2. The molecule has 0 radical (unpaired) electrons. The Hall–Kier alpha value is -1.22. The Bertz CT molecular complexity index is 445. The molecule has 0 saturated carbocycles. The molecule has 0 fully saturated rings. The maximum absolute atomic E-state index is 5.84. The summed E-state index contributed by atoms with van der Waals surface area (Å²) < 4.78 is 11.4. The van der Waals surface area contributed by atoms with E-state index in [0.717, 1.165) is 30.9 Å². The van der Waals surface area contributed by atoms with Crippen LogP contribution >= 0.6 is 0 Å². The Balaban J connectivity index is 2.09. The molecule has 0 amide bonds. The molecule has 0 spiro atoms. The van der Waals surface area contributed by atoms with E-state index in [4.69, 9.17) is 9.47 Å². The van der Waals surface area contributed by atoms with Crippen molar-refractivity contribution in [3.63, 3.8) is 0 Å². The van der Waals surface area contributed by atoms with Crippen LogP contribution in [0.2, 0.25) is 0 Å². The van der Waals surface area contributed by atoms with Crippen LogP contribution in [0.4, 0.5) is 0 Å². The van der Waals surface area contributed by atoms with Crippen molar-refractivity contribution in [2.75, 3.05) is 7.11 Å². The van der Waals surface area contributed by atoms with E-state index in [1.54, 1.807) is 7.11 Å². The molecule has 0 aliphatic carbocycles. The maximum Gasteiger partial charge on any atom is 0.123 e. The molecule has 112 valence electrons. The SMILES string of the molecule is CCCC(CC)NCc1cc2c(cc1OC)CC(C)O2. The third kappa shape index (κ3) is 3.45. The van der Waals surface area contributed by atoms with E-state index in [1.165, 1.54) is 24.0 Å². The molecule has 1 aliphatic rings. The number of hydrogen-bond donors (Lipinski definition) is 1. The fraction of sp³-hybridized carbons (Fsp3) is 0.647. The predicted molar refractivity (Wildman–Crippen MR) is 82.6 cm³/mol. The zero-order valence-electron chi connectivity index (χ0n) is 13.2. The van der Waals surface area contributed by atoms with Crippen molar-refractivity contribution in [3.05, 3.63) is 23.3 Å². The average molecular weight is 277 g/mol. The van der Waals surface area contributed by atoms with Crippen LogP contribution in [0.3, 0.4) is 0 Å². The number of benzene rings is 1. The molecule has 3 heteroatoms. The van der Waals surface area contributed by atoms with Gasteiger partial charge in [-0.15, -0.1) is 0 Å². The lowest BCUT2D eigenvalue weighted by Gasteiger charge is -2.18. The summed E-state index contributed by atoms with van der Waals surface area (Å²) in [5.74, 6) is 2.00. The largest absolute Gasteiger partial charge is 0.496 e. The van der Waals surface area contributed by atoms with Crippen LogP contribution in [-0.4, -0.2) is 19.3 Å². The number of methoxy groups -OCH3 is 1. The Kier molecular flexibility index (Phi) is 5.30. The minimum atomic E-state index is 0.279. The highest BCUT2D eigenvalue weighted by Gasteiger charge is 2.21. The van der Waals surface area contributed by atoms with Crippen LogP contribution in [0.1, 0.15) is 51.2 Å². The Labute approximate surface area is 122 Å². The Morgan fingerprint density at radius 3 is 2.85 bits per heavy atom. The second-order valence-electron chi connectivity index (χ2n) is 5.68. The van der Waals surface area contributed by atoms with Gasteiger partial charge in [0.2, 0.25) is 0 Å². The van der Waals surface area contributed by atoms with Gasteiger partial charge in [0.25, 0.3) is 0 Å². The smallest absolute Gasteiger partial charge is 0.123 e. The van der Waals surface area contributed by atoms with Gasteiger partial charge in [0.15, 0.2) is 0 Å². The summed E-state index contributed by atoms with van der Waals surface area (Å²) in [4.78, 5) is 0. The molecule has 0 aromatic heterocycles. The Morgan fingerprint density at radius 1 is 1.40 bits per heavy atom. The van der Waals surface area contributed by atoms with Gasteiger partial charge in [0.1, 0.15) is 17.6 Å². The van der Waals surface area contributed by atoms with Crippen LogP contribution < -0.4 is 14.8 Å². The molecule has 1 aliphatic heterocycles. The molecule has 1 aromatic carbocycles. The molecule has 0 saturated heterocycles. The van der Waals surface area contributed by atoms with Gasteiger partial charge in [-0.1, -0.05) is 20.3 Å². The van der Waals surface area contributed by atoms with Crippen LogP contribution in [0.15, 0.2) is 12.1 Å². The first-order valence-electron chi connectivity index (χ1n) is 7.77. The van der Waals surface area contributed by atoms with Gasteiger partial charge in [-0.05, 0) is 31.9 Å². The number of rotatable bonds is 7. The van der Waals surface area contributed by atoms with Crippen molar-refractivity contribution in [2.45, 2.75) is 65.1 Å². The summed E-state index contributed by atoms with van der Waals surface area (Å²) in [6.45, 7) is 7.42.